The molecule has 0 bridgehead atoms. The van der Waals surface area contributed by atoms with Gasteiger partial charge in [-0.15, -0.1) is 4.83 Å². The summed E-state index contributed by atoms with van der Waals surface area (Å²) in [5.41, 5.74) is -3.18. The highest BCUT2D eigenvalue weighted by atomic mass is 32.2. The molecule has 0 radical (unpaired) electrons. The number of anilines is 1. The van der Waals surface area contributed by atoms with Gasteiger partial charge in [0.2, 0.25) is 0 Å². The van der Waals surface area contributed by atoms with Crippen LogP contribution in [0, 0.1) is 0 Å². The van der Waals surface area contributed by atoms with Crippen LogP contribution in [0.2, 0.25) is 0 Å². The lowest BCUT2D eigenvalue weighted by atomic mass is 10.3. The Hall–Kier alpha value is -1.28. The van der Waals surface area contributed by atoms with Gasteiger partial charge in [0.25, 0.3) is 0 Å². The minimum atomic E-state index is -5.36. The van der Waals surface area contributed by atoms with Crippen molar-refractivity contribution >= 4 is 15.7 Å². The van der Waals surface area contributed by atoms with E-state index in [-0.39, 0.29) is 5.69 Å². The van der Waals surface area contributed by atoms with E-state index in [9.17, 15) is 21.6 Å². The van der Waals surface area contributed by atoms with Crippen molar-refractivity contribution in [2.24, 2.45) is 0 Å². The Balaban J connectivity index is 2.67. The van der Waals surface area contributed by atoms with Crippen molar-refractivity contribution in [3.63, 3.8) is 0 Å². The molecule has 0 aliphatic carbocycles. The van der Waals surface area contributed by atoms with Gasteiger partial charge in [0.05, 0.1) is 0 Å². The molecule has 0 aliphatic heterocycles. The van der Waals surface area contributed by atoms with Crippen molar-refractivity contribution in [1.82, 2.24) is 4.83 Å². The third-order valence-corrected chi connectivity index (χ3v) is 2.39. The number of hydrogen-bond acceptors (Lipinski definition) is 3. The van der Waals surface area contributed by atoms with Crippen LogP contribution in [0.15, 0.2) is 30.3 Å². The van der Waals surface area contributed by atoms with E-state index >= 15 is 0 Å². The van der Waals surface area contributed by atoms with Crippen LogP contribution in [-0.2, 0) is 10.0 Å². The standard InChI is InChI=1S/C7H7F3N2O2S/c8-7(9,10)15(13,14)12-11-6-4-2-1-3-5-6/h1-5,11-12H. The van der Waals surface area contributed by atoms with Gasteiger partial charge in [0, 0.05) is 5.69 Å². The molecule has 0 unspecified atom stereocenters. The Morgan fingerprint density at radius 2 is 1.60 bits per heavy atom. The largest absolute Gasteiger partial charge is 0.513 e. The quantitative estimate of drug-likeness (QED) is 0.786. The fraction of sp³-hybridized carbons (Fsp3) is 0.143. The number of benzene rings is 1. The molecule has 0 aliphatic rings. The van der Waals surface area contributed by atoms with Crippen LogP contribution < -0.4 is 10.3 Å². The number of nitrogens with one attached hydrogen (secondary N) is 2. The fourth-order valence-electron chi connectivity index (χ4n) is 0.705. The number of hydrogen-bond donors (Lipinski definition) is 2. The summed E-state index contributed by atoms with van der Waals surface area (Å²) >= 11 is 0. The number of para-hydroxylation sites is 1. The maximum atomic E-state index is 11.8. The third-order valence-electron chi connectivity index (χ3n) is 1.41. The Kier molecular flexibility index (Phi) is 3.20. The van der Waals surface area contributed by atoms with Crippen LogP contribution in [-0.4, -0.2) is 13.9 Å². The second kappa shape index (κ2) is 4.07. The first-order chi connectivity index (χ1) is 6.83. The predicted molar refractivity (Wildman–Crippen MR) is 48.2 cm³/mol. The molecule has 0 spiro atoms. The average Bonchev–Trinajstić information content (AvgIpc) is 2.15. The van der Waals surface area contributed by atoms with Crippen LogP contribution >= 0.6 is 0 Å². The molecule has 2 N–H and O–H groups in total. The zero-order chi connectivity index (χ0) is 11.5. The molecule has 0 aromatic heterocycles. The summed E-state index contributed by atoms with van der Waals surface area (Å²) in [5.74, 6) is 0. The van der Waals surface area contributed by atoms with Gasteiger partial charge in [0.15, 0.2) is 0 Å². The van der Waals surface area contributed by atoms with E-state index in [1.54, 1.807) is 18.2 Å². The number of halogens is 3. The zero-order valence-electron chi connectivity index (χ0n) is 7.25. The van der Waals surface area contributed by atoms with Gasteiger partial charge in [-0.2, -0.15) is 13.2 Å². The molecule has 0 saturated carbocycles. The third kappa shape index (κ3) is 3.10. The van der Waals surface area contributed by atoms with E-state index in [0.717, 1.165) is 0 Å². The molecular formula is C7H7F3N2O2S. The van der Waals surface area contributed by atoms with Crippen molar-refractivity contribution in [3.8, 4) is 0 Å². The van der Waals surface area contributed by atoms with E-state index in [4.69, 9.17) is 0 Å². The van der Waals surface area contributed by atoms with Crippen LogP contribution in [0.4, 0.5) is 18.9 Å². The Morgan fingerprint density at radius 3 is 2.07 bits per heavy atom. The SMILES string of the molecule is O=S(=O)(NNc1ccccc1)C(F)(F)F. The molecule has 0 fully saturated rings. The maximum absolute atomic E-state index is 11.8. The van der Waals surface area contributed by atoms with Crippen molar-refractivity contribution in [1.29, 1.82) is 0 Å². The summed E-state index contributed by atoms with van der Waals surface area (Å²) in [7, 11) is -5.36. The Morgan fingerprint density at radius 1 is 1.07 bits per heavy atom. The first-order valence-corrected chi connectivity index (χ1v) is 5.20. The monoisotopic (exact) mass is 240 g/mol. The van der Waals surface area contributed by atoms with E-state index < -0.39 is 15.5 Å². The summed E-state index contributed by atoms with van der Waals surface area (Å²) in [4.78, 5) is 1.21. The lowest BCUT2D eigenvalue weighted by Crippen LogP contribution is -2.39. The molecule has 84 valence electrons. The molecular weight excluding hydrogens is 233 g/mol. The Bertz CT molecular complexity index is 416. The van der Waals surface area contributed by atoms with E-state index in [2.05, 4.69) is 0 Å². The molecule has 0 saturated heterocycles. The lowest BCUT2D eigenvalue weighted by molar-refractivity contribution is -0.0445. The summed E-state index contributed by atoms with van der Waals surface area (Å²) in [6.45, 7) is 0. The van der Waals surface area contributed by atoms with Gasteiger partial charge in [0.1, 0.15) is 0 Å². The predicted octanol–water partition coefficient (Wildman–Crippen LogP) is 1.45. The van der Waals surface area contributed by atoms with Crippen molar-refractivity contribution in [2.45, 2.75) is 5.51 Å². The summed E-state index contributed by atoms with van der Waals surface area (Å²) in [6, 6.07) is 7.57. The van der Waals surface area contributed by atoms with E-state index in [0.29, 0.717) is 0 Å². The maximum Gasteiger partial charge on any atom is 0.513 e. The molecule has 0 amide bonds. The molecule has 4 nitrogen and oxygen atoms in total. The highest BCUT2D eigenvalue weighted by Gasteiger charge is 2.45. The molecule has 1 aromatic carbocycles. The first-order valence-electron chi connectivity index (χ1n) is 3.72. The zero-order valence-corrected chi connectivity index (χ0v) is 8.06. The Labute approximate surface area is 84.1 Å². The number of sulfonamides is 1. The first kappa shape index (κ1) is 11.8. The fourth-order valence-corrected chi connectivity index (χ4v) is 1.07. The topological polar surface area (TPSA) is 58.2 Å². The summed E-state index contributed by atoms with van der Waals surface area (Å²) in [5, 5.41) is 0. The van der Waals surface area contributed by atoms with E-state index in [1.165, 1.54) is 17.0 Å². The molecule has 15 heavy (non-hydrogen) atoms. The minimum Gasteiger partial charge on any atom is -0.308 e. The molecule has 8 heteroatoms. The molecule has 0 atom stereocenters. The number of rotatable bonds is 3. The van der Waals surface area contributed by atoms with Crippen LogP contribution in [0.3, 0.4) is 0 Å². The lowest BCUT2D eigenvalue weighted by Gasteiger charge is -2.10. The average molecular weight is 240 g/mol. The summed E-state index contributed by atoms with van der Waals surface area (Å²) < 4.78 is 56.6. The van der Waals surface area contributed by atoms with Crippen LogP contribution in [0.5, 0.6) is 0 Å². The van der Waals surface area contributed by atoms with Gasteiger partial charge in [-0.05, 0) is 12.1 Å². The van der Waals surface area contributed by atoms with Gasteiger partial charge in [-0.25, -0.2) is 8.42 Å². The minimum absolute atomic E-state index is 0.213. The number of hydrazine groups is 1. The highest BCUT2D eigenvalue weighted by molar-refractivity contribution is 7.90. The van der Waals surface area contributed by atoms with Crippen molar-refractivity contribution in [2.75, 3.05) is 5.43 Å². The van der Waals surface area contributed by atoms with Crippen molar-refractivity contribution in [3.05, 3.63) is 30.3 Å². The van der Waals surface area contributed by atoms with Gasteiger partial charge in [-0.3, -0.25) is 0 Å². The molecule has 1 rings (SSSR count). The second-order valence-electron chi connectivity index (χ2n) is 2.54. The van der Waals surface area contributed by atoms with Crippen LogP contribution in [0.25, 0.3) is 0 Å². The van der Waals surface area contributed by atoms with Crippen LogP contribution in [0.1, 0.15) is 0 Å². The number of alkyl halides is 3. The smallest absolute Gasteiger partial charge is 0.308 e. The van der Waals surface area contributed by atoms with Crippen molar-refractivity contribution < 1.29 is 21.6 Å². The van der Waals surface area contributed by atoms with Gasteiger partial charge < -0.3 is 5.43 Å². The van der Waals surface area contributed by atoms with E-state index in [1.807, 2.05) is 5.43 Å². The summed E-state index contributed by atoms with van der Waals surface area (Å²) in [6.07, 6.45) is 0. The van der Waals surface area contributed by atoms with Gasteiger partial charge >= 0.3 is 15.5 Å². The van der Waals surface area contributed by atoms with Gasteiger partial charge in [-0.1, -0.05) is 18.2 Å². The normalized spacial score (nSPS) is 12.5. The highest BCUT2D eigenvalue weighted by Crippen LogP contribution is 2.21. The molecule has 1 aromatic rings. The second-order valence-corrected chi connectivity index (χ2v) is 4.22. The molecule has 0 heterocycles.